The number of aliphatic imine (C=N–C) groups is 1. The van der Waals surface area contributed by atoms with Crippen LogP contribution in [0, 0.1) is 5.92 Å². The summed E-state index contributed by atoms with van der Waals surface area (Å²) in [6.45, 7) is 0. The molecule has 10 nitrogen and oxygen atoms in total. The first-order valence-electron chi connectivity index (χ1n) is 11.7. The lowest BCUT2D eigenvalue weighted by atomic mass is 9.83. The van der Waals surface area contributed by atoms with Gasteiger partial charge < -0.3 is 15.5 Å². The van der Waals surface area contributed by atoms with E-state index in [2.05, 4.69) is 25.3 Å². The van der Waals surface area contributed by atoms with E-state index in [1.165, 1.54) is 6.42 Å². The molecule has 1 aliphatic heterocycles. The zero-order chi connectivity index (χ0) is 24.4. The second-order valence-electron chi connectivity index (χ2n) is 8.79. The van der Waals surface area contributed by atoms with Crippen LogP contribution in [0.2, 0.25) is 0 Å². The molecule has 5 rings (SSSR count). The third kappa shape index (κ3) is 4.72. The van der Waals surface area contributed by atoms with Crippen molar-refractivity contribution < 1.29 is 14.1 Å². The topological polar surface area (TPSA) is 133 Å². The van der Waals surface area contributed by atoms with E-state index in [0.29, 0.717) is 11.3 Å². The predicted octanol–water partition coefficient (Wildman–Crippen LogP) is 3.52. The normalized spacial score (nSPS) is 18.4. The number of carbonyl (C=O) groups is 2. The highest BCUT2D eigenvalue weighted by atomic mass is 16.5. The van der Waals surface area contributed by atoms with Crippen LogP contribution >= 0.6 is 0 Å². The molecule has 3 amide bonds. The molecule has 0 bridgehead atoms. The monoisotopic (exact) mass is 474 g/mol. The van der Waals surface area contributed by atoms with Gasteiger partial charge in [-0.2, -0.15) is 0 Å². The first-order chi connectivity index (χ1) is 17.0. The number of para-hydroxylation sites is 1. The van der Waals surface area contributed by atoms with E-state index in [4.69, 9.17) is 4.99 Å². The molecule has 1 aromatic heterocycles. The first kappa shape index (κ1) is 22.6. The zero-order valence-electron chi connectivity index (χ0n) is 19.3. The summed E-state index contributed by atoms with van der Waals surface area (Å²) < 4.78 is 4.54. The standard InChI is InChI=1S/C25H26N6O4/c1-31-19-13-6-5-12-18(19)20(15-8-3-2-4-9-15)27-22(23(31)32)28-24(33)26-17-11-7-10-16(14-17)21-29-25(34)35-30-21/h5-7,10-15,22H,2-4,8-9H2,1H3,(H2,26,28,33)(H,29,30,34). The van der Waals surface area contributed by atoms with E-state index in [0.717, 1.165) is 42.6 Å². The van der Waals surface area contributed by atoms with Gasteiger partial charge in [-0.1, -0.05) is 54.8 Å². The van der Waals surface area contributed by atoms with Gasteiger partial charge in [-0.05, 0) is 31.0 Å². The number of rotatable bonds is 4. The van der Waals surface area contributed by atoms with Gasteiger partial charge in [-0.15, -0.1) is 0 Å². The van der Waals surface area contributed by atoms with Crippen molar-refractivity contribution >= 4 is 29.0 Å². The second-order valence-corrected chi connectivity index (χ2v) is 8.79. The number of carbonyl (C=O) groups excluding carboxylic acids is 2. The molecular formula is C25H26N6O4. The Morgan fingerprint density at radius 1 is 1.09 bits per heavy atom. The van der Waals surface area contributed by atoms with Crippen molar-refractivity contribution in [3.05, 3.63) is 64.6 Å². The Balaban J connectivity index is 1.39. The SMILES string of the molecule is CN1C(=O)C(NC(=O)Nc2cccc(-c3noc(=O)[nH]3)c2)N=C(C2CCCCC2)c2ccccc21. The van der Waals surface area contributed by atoms with Crippen molar-refractivity contribution in [3.8, 4) is 11.4 Å². The Morgan fingerprint density at radius 3 is 2.66 bits per heavy atom. The molecule has 10 heteroatoms. The van der Waals surface area contributed by atoms with E-state index < -0.39 is 18.0 Å². The van der Waals surface area contributed by atoms with Crippen LogP contribution < -0.4 is 21.3 Å². The highest BCUT2D eigenvalue weighted by Gasteiger charge is 2.33. The summed E-state index contributed by atoms with van der Waals surface area (Å²) in [7, 11) is 1.70. The minimum Gasteiger partial charge on any atom is -0.311 e. The lowest BCUT2D eigenvalue weighted by Crippen LogP contribution is -2.47. The van der Waals surface area contributed by atoms with Gasteiger partial charge in [-0.25, -0.2) is 9.59 Å². The third-order valence-corrected chi connectivity index (χ3v) is 6.47. The van der Waals surface area contributed by atoms with Gasteiger partial charge in [0.05, 0.1) is 11.4 Å². The van der Waals surface area contributed by atoms with E-state index in [-0.39, 0.29) is 17.6 Å². The molecule has 2 aromatic carbocycles. The Kier molecular flexibility index (Phi) is 6.17. The fourth-order valence-corrected chi connectivity index (χ4v) is 4.73. The van der Waals surface area contributed by atoms with E-state index in [9.17, 15) is 14.4 Å². The van der Waals surface area contributed by atoms with Gasteiger partial charge in [0.15, 0.2) is 5.82 Å². The van der Waals surface area contributed by atoms with Crippen LogP contribution in [-0.4, -0.2) is 41.0 Å². The molecule has 0 spiro atoms. The molecule has 35 heavy (non-hydrogen) atoms. The number of anilines is 2. The highest BCUT2D eigenvalue weighted by Crippen LogP contribution is 2.33. The number of amides is 3. The molecular weight excluding hydrogens is 448 g/mol. The highest BCUT2D eigenvalue weighted by molar-refractivity contribution is 6.14. The Morgan fingerprint density at radius 2 is 1.89 bits per heavy atom. The van der Waals surface area contributed by atoms with Crippen molar-refractivity contribution in [3.63, 3.8) is 0 Å². The molecule has 1 unspecified atom stereocenters. The fourth-order valence-electron chi connectivity index (χ4n) is 4.73. The summed E-state index contributed by atoms with van der Waals surface area (Å²) in [5.74, 6) is -0.482. The number of benzodiazepines with no additional fused rings is 1. The molecule has 3 N–H and O–H groups in total. The maximum Gasteiger partial charge on any atom is 0.439 e. The maximum absolute atomic E-state index is 13.3. The van der Waals surface area contributed by atoms with Gasteiger partial charge in [0.25, 0.3) is 5.91 Å². The molecule has 1 aliphatic carbocycles. The van der Waals surface area contributed by atoms with E-state index in [1.807, 2.05) is 24.3 Å². The molecule has 180 valence electrons. The van der Waals surface area contributed by atoms with Crippen LogP contribution in [0.1, 0.15) is 37.7 Å². The average Bonchev–Trinajstić information content (AvgIpc) is 3.29. The second kappa shape index (κ2) is 9.57. The average molecular weight is 475 g/mol. The van der Waals surface area contributed by atoms with Gasteiger partial charge in [0.1, 0.15) is 0 Å². The molecule has 1 atom stereocenters. The summed E-state index contributed by atoms with van der Waals surface area (Å²) in [5.41, 5.74) is 3.63. The number of benzene rings is 2. The molecule has 2 heterocycles. The lowest BCUT2D eigenvalue weighted by molar-refractivity contribution is -0.119. The number of nitrogens with zero attached hydrogens (tertiary/aromatic N) is 3. The largest absolute Gasteiger partial charge is 0.439 e. The van der Waals surface area contributed by atoms with Crippen molar-refractivity contribution in [2.45, 2.75) is 38.3 Å². The number of fused-ring (bicyclic) bond motifs is 1. The van der Waals surface area contributed by atoms with Gasteiger partial charge in [-0.3, -0.25) is 19.3 Å². The van der Waals surface area contributed by atoms with Crippen molar-refractivity contribution in [2.75, 3.05) is 17.3 Å². The maximum atomic E-state index is 13.3. The van der Waals surface area contributed by atoms with Crippen molar-refractivity contribution in [1.82, 2.24) is 15.5 Å². The Hall–Kier alpha value is -4.21. The van der Waals surface area contributed by atoms with Crippen LogP contribution in [-0.2, 0) is 4.79 Å². The third-order valence-electron chi connectivity index (χ3n) is 6.47. The number of aromatic amines is 1. The van der Waals surface area contributed by atoms with Crippen LogP contribution in [0.15, 0.2) is 62.8 Å². The molecule has 3 aromatic rings. The van der Waals surface area contributed by atoms with Crippen LogP contribution in [0.4, 0.5) is 16.2 Å². The molecule has 1 fully saturated rings. The van der Waals surface area contributed by atoms with Gasteiger partial charge in [0.2, 0.25) is 6.17 Å². The Bertz CT molecular complexity index is 1340. The zero-order valence-corrected chi connectivity index (χ0v) is 19.3. The number of nitrogens with one attached hydrogen (secondary N) is 3. The molecule has 0 radical (unpaired) electrons. The Labute approximate surface area is 201 Å². The summed E-state index contributed by atoms with van der Waals surface area (Å²) in [6, 6.07) is 13.9. The molecule has 2 aliphatic rings. The van der Waals surface area contributed by atoms with Crippen LogP contribution in [0.5, 0.6) is 0 Å². The molecule has 1 saturated carbocycles. The van der Waals surface area contributed by atoms with Gasteiger partial charge in [0, 0.05) is 29.8 Å². The van der Waals surface area contributed by atoms with E-state index in [1.54, 1.807) is 36.2 Å². The summed E-state index contributed by atoms with van der Waals surface area (Å²) >= 11 is 0. The summed E-state index contributed by atoms with van der Waals surface area (Å²) in [6.07, 6.45) is 4.43. The van der Waals surface area contributed by atoms with Crippen molar-refractivity contribution in [2.24, 2.45) is 10.9 Å². The van der Waals surface area contributed by atoms with Crippen LogP contribution in [0.3, 0.4) is 0 Å². The summed E-state index contributed by atoms with van der Waals surface area (Å²) in [4.78, 5) is 46.3. The predicted molar refractivity (Wildman–Crippen MR) is 131 cm³/mol. The van der Waals surface area contributed by atoms with Gasteiger partial charge >= 0.3 is 11.8 Å². The van der Waals surface area contributed by atoms with Crippen LogP contribution in [0.25, 0.3) is 11.4 Å². The number of hydrogen-bond donors (Lipinski definition) is 3. The molecule has 0 saturated heterocycles. The fraction of sp³-hybridized carbons (Fsp3) is 0.320. The first-order valence-corrected chi connectivity index (χ1v) is 11.7. The number of hydrogen-bond acceptors (Lipinski definition) is 6. The minimum absolute atomic E-state index is 0.248. The number of urea groups is 1. The van der Waals surface area contributed by atoms with Crippen molar-refractivity contribution in [1.29, 1.82) is 0 Å². The quantitative estimate of drug-likeness (QED) is 0.532. The number of H-pyrrole nitrogens is 1. The number of aromatic nitrogens is 2. The smallest absolute Gasteiger partial charge is 0.311 e. The minimum atomic E-state index is -1.06. The summed E-state index contributed by atoms with van der Waals surface area (Å²) in [5, 5.41) is 9.13. The lowest BCUT2D eigenvalue weighted by Gasteiger charge is -2.25. The number of likely N-dealkylation sites (N-methyl/N-ethyl adjacent to an activating group) is 1. The van der Waals surface area contributed by atoms with E-state index >= 15 is 0 Å².